The van der Waals surface area contributed by atoms with Crippen LogP contribution < -0.4 is 11.1 Å². The van der Waals surface area contributed by atoms with Gasteiger partial charge in [0, 0.05) is 6.54 Å². The molecule has 1 unspecified atom stereocenters. The molecule has 3 heteroatoms. The highest BCUT2D eigenvalue weighted by Crippen LogP contribution is 2.16. The maximum atomic E-state index is 11.0. The zero-order valence-corrected chi connectivity index (χ0v) is 8.48. The first-order chi connectivity index (χ1) is 5.33. The summed E-state index contributed by atoms with van der Waals surface area (Å²) in [7, 11) is 0. The third-order valence-corrected chi connectivity index (χ3v) is 1.59. The highest BCUT2D eigenvalue weighted by Gasteiger charge is 2.11. The molecule has 0 saturated heterocycles. The third-order valence-electron chi connectivity index (χ3n) is 1.59. The van der Waals surface area contributed by atoms with E-state index in [4.69, 9.17) is 5.73 Å². The fourth-order valence-electron chi connectivity index (χ4n) is 0.722. The Morgan fingerprint density at radius 1 is 1.50 bits per heavy atom. The molecule has 0 aliphatic carbocycles. The first-order valence-corrected chi connectivity index (χ1v) is 4.36. The van der Waals surface area contributed by atoms with E-state index in [0.717, 1.165) is 6.42 Å². The summed E-state index contributed by atoms with van der Waals surface area (Å²) in [6.07, 6.45) is 0.978. The van der Waals surface area contributed by atoms with Gasteiger partial charge in [0.05, 0.1) is 6.04 Å². The van der Waals surface area contributed by atoms with Crippen LogP contribution in [0.4, 0.5) is 0 Å². The Labute approximate surface area is 74.7 Å². The lowest BCUT2D eigenvalue weighted by atomic mass is 9.92. The zero-order chi connectivity index (χ0) is 9.78. The third kappa shape index (κ3) is 6.16. The standard InChI is InChI=1S/C9H20N2O/c1-7(10)8(12)11-6-5-9(2,3)4/h7H,5-6,10H2,1-4H3,(H,11,12). The Bertz CT molecular complexity index is 147. The molecule has 1 amide bonds. The van der Waals surface area contributed by atoms with Gasteiger partial charge in [0.15, 0.2) is 0 Å². The van der Waals surface area contributed by atoms with Gasteiger partial charge >= 0.3 is 0 Å². The normalized spacial score (nSPS) is 14.1. The van der Waals surface area contributed by atoms with Crippen LogP contribution in [0.25, 0.3) is 0 Å². The fraction of sp³-hybridized carbons (Fsp3) is 0.889. The van der Waals surface area contributed by atoms with Crippen molar-refractivity contribution < 1.29 is 4.79 Å². The van der Waals surface area contributed by atoms with Crippen LogP contribution in [0.15, 0.2) is 0 Å². The smallest absolute Gasteiger partial charge is 0.236 e. The lowest BCUT2D eigenvalue weighted by Gasteiger charge is -2.18. The van der Waals surface area contributed by atoms with E-state index >= 15 is 0 Å². The van der Waals surface area contributed by atoms with Crippen LogP contribution in [0, 0.1) is 5.41 Å². The van der Waals surface area contributed by atoms with Crippen LogP contribution >= 0.6 is 0 Å². The highest BCUT2D eigenvalue weighted by molar-refractivity contribution is 5.80. The molecule has 0 radical (unpaired) electrons. The Hall–Kier alpha value is -0.570. The first kappa shape index (κ1) is 11.4. The molecule has 0 aromatic heterocycles. The number of nitrogens with two attached hydrogens (primary N) is 1. The highest BCUT2D eigenvalue weighted by atomic mass is 16.2. The molecule has 0 aromatic rings. The molecule has 12 heavy (non-hydrogen) atoms. The zero-order valence-electron chi connectivity index (χ0n) is 8.48. The van der Waals surface area contributed by atoms with Gasteiger partial charge in [-0.15, -0.1) is 0 Å². The van der Waals surface area contributed by atoms with E-state index in [-0.39, 0.29) is 11.3 Å². The van der Waals surface area contributed by atoms with Crippen molar-refractivity contribution in [1.29, 1.82) is 0 Å². The number of carbonyl (C=O) groups excluding carboxylic acids is 1. The molecule has 0 fully saturated rings. The van der Waals surface area contributed by atoms with Gasteiger partial charge in [-0.2, -0.15) is 0 Å². The van der Waals surface area contributed by atoms with Gasteiger partial charge in [0.1, 0.15) is 0 Å². The van der Waals surface area contributed by atoms with Gasteiger partial charge in [0.25, 0.3) is 0 Å². The average Bonchev–Trinajstić information content (AvgIpc) is 1.84. The van der Waals surface area contributed by atoms with Crippen LogP contribution in [0.5, 0.6) is 0 Å². The van der Waals surface area contributed by atoms with Crippen molar-refractivity contribution in [3.05, 3.63) is 0 Å². The van der Waals surface area contributed by atoms with E-state index in [1.165, 1.54) is 0 Å². The van der Waals surface area contributed by atoms with Crippen LogP contribution in [-0.2, 0) is 4.79 Å². The lowest BCUT2D eigenvalue weighted by Crippen LogP contribution is -2.39. The largest absolute Gasteiger partial charge is 0.355 e. The van der Waals surface area contributed by atoms with Crippen molar-refractivity contribution >= 4 is 5.91 Å². The number of hydrogen-bond donors (Lipinski definition) is 2. The Kier molecular flexibility index (Phi) is 4.24. The molecule has 72 valence electrons. The van der Waals surface area contributed by atoms with Gasteiger partial charge in [-0.25, -0.2) is 0 Å². The van der Waals surface area contributed by atoms with Crippen molar-refractivity contribution in [3.8, 4) is 0 Å². The lowest BCUT2D eigenvalue weighted by molar-refractivity contribution is -0.122. The van der Waals surface area contributed by atoms with E-state index in [9.17, 15) is 4.79 Å². The second-order valence-electron chi connectivity index (χ2n) is 4.39. The average molecular weight is 172 g/mol. The molecule has 0 aromatic carbocycles. The maximum Gasteiger partial charge on any atom is 0.236 e. The Morgan fingerprint density at radius 3 is 2.33 bits per heavy atom. The summed E-state index contributed by atoms with van der Waals surface area (Å²) < 4.78 is 0. The van der Waals surface area contributed by atoms with Crippen LogP contribution in [0.2, 0.25) is 0 Å². The predicted octanol–water partition coefficient (Wildman–Crippen LogP) is 0.886. The predicted molar refractivity (Wildman–Crippen MR) is 50.7 cm³/mol. The molecular formula is C9H20N2O. The summed E-state index contributed by atoms with van der Waals surface area (Å²) in [4.78, 5) is 11.0. The minimum Gasteiger partial charge on any atom is -0.355 e. The van der Waals surface area contributed by atoms with Crippen molar-refractivity contribution in [1.82, 2.24) is 5.32 Å². The van der Waals surface area contributed by atoms with E-state index in [1.807, 2.05) is 0 Å². The van der Waals surface area contributed by atoms with Crippen molar-refractivity contribution in [2.24, 2.45) is 11.1 Å². The van der Waals surface area contributed by atoms with Gasteiger partial charge in [-0.3, -0.25) is 4.79 Å². The molecule has 3 nitrogen and oxygen atoms in total. The molecule has 0 aliphatic heterocycles. The molecule has 0 bridgehead atoms. The maximum absolute atomic E-state index is 11.0. The first-order valence-electron chi connectivity index (χ1n) is 4.36. The molecule has 0 rings (SSSR count). The number of amides is 1. The van der Waals surface area contributed by atoms with Crippen LogP contribution in [0.3, 0.4) is 0 Å². The molecule has 0 aliphatic rings. The minimum atomic E-state index is -0.398. The molecule has 0 saturated carbocycles. The van der Waals surface area contributed by atoms with Gasteiger partial charge in [0.2, 0.25) is 5.91 Å². The minimum absolute atomic E-state index is 0.0701. The van der Waals surface area contributed by atoms with Crippen LogP contribution in [0.1, 0.15) is 34.1 Å². The molecular weight excluding hydrogens is 152 g/mol. The van der Waals surface area contributed by atoms with Crippen molar-refractivity contribution in [2.75, 3.05) is 6.54 Å². The number of carbonyl (C=O) groups is 1. The Balaban J connectivity index is 3.51. The fourth-order valence-corrected chi connectivity index (χ4v) is 0.722. The quantitative estimate of drug-likeness (QED) is 0.664. The summed E-state index contributed by atoms with van der Waals surface area (Å²) in [5.41, 5.74) is 5.64. The number of nitrogens with one attached hydrogen (secondary N) is 1. The summed E-state index contributed by atoms with van der Waals surface area (Å²) in [6.45, 7) is 8.83. The Morgan fingerprint density at radius 2 is 2.00 bits per heavy atom. The van der Waals surface area contributed by atoms with Crippen molar-refractivity contribution in [2.45, 2.75) is 40.2 Å². The second kappa shape index (κ2) is 4.45. The summed E-state index contributed by atoms with van der Waals surface area (Å²) in [5.74, 6) is -0.0701. The van der Waals surface area contributed by atoms with E-state index in [2.05, 4.69) is 26.1 Å². The molecule has 3 N–H and O–H groups in total. The molecule has 1 atom stereocenters. The van der Waals surface area contributed by atoms with Gasteiger partial charge < -0.3 is 11.1 Å². The monoisotopic (exact) mass is 172 g/mol. The van der Waals surface area contributed by atoms with E-state index in [1.54, 1.807) is 6.92 Å². The van der Waals surface area contributed by atoms with Gasteiger partial charge in [-0.1, -0.05) is 20.8 Å². The van der Waals surface area contributed by atoms with E-state index < -0.39 is 6.04 Å². The SMILES string of the molecule is CC(N)C(=O)NCCC(C)(C)C. The number of hydrogen-bond acceptors (Lipinski definition) is 2. The summed E-state index contributed by atoms with van der Waals surface area (Å²) in [6, 6.07) is -0.398. The number of rotatable bonds is 3. The van der Waals surface area contributed by atoms with E-state index in [0.29, 0.717) is 6.54 Å². The summed E-state index contributed by atoms with van der Waals surface area (Å²) >= 11 is 0. The molecule has 0 heterocycles. The second-order valence-corrected chi connectivity index (χ2v) is 4.39. The van der Waals surface area contributed by atoms with Crippen molar-refractivity contribution in [3.63, 3.8) is 0 Å². The topological polar surface area (TPSA) is 55.1 Å². The summed E-state index contributed by atoms with van der Waals surface area (Å²) in [5, 5.41) is 2.77. The van der Waals surface area contributed by atoms with Crippen LogP contribution in [-0.4, -0.2) is 18.5 Å². The van der Waals surface area contributed by atoms with Gasteiger partial charge in [-0.05, 0) is 18.8 Å². The molecule has 0 spiro atoms.